The SMILES string of the molecule is NCCNC(=O)C1CCCN(c2cccc(F)c2[N+](=O)[O-])C1. The van der Waals surface area contributed by atoms with Crippen molar-refractivity contribution in [2.24, 2.45) is 11.7 Å². The number of benzene rings is 1. The molecule has 0 spiro atoms. The van der Waals surface area contributed by atoms with Gasteiger partial charge in [0.1, 0.15) is 5.69 Å². The maximum absolute atomic E-state index is 13.7. The molecule has 7 nitrogen and oxygen atoms in total. The van der Waals surface area contributed by atoms with Crippen molar-refractivity contribution < 1.29 is 14.1 Å². The summed E-state index contributed by atoms with van der Waals surface area (Å²) in [5.41, 5.74) is 5.04. The summed E-state index contributed by atoms with van der Waals surface area (Å²) in [4.78, 5) is 24.1. The van der Waals surface area contributed by atoms with Gasteiger partial charge in [0.2, 0.25) is 11.7 Å². The van der Waals surface area contributed by atoms with Gasteiger partial charge in [0.05, 0.1) is 10.8 Å². The quantitative estimate of drug-likeness (QED) is 0.624. The van der Waals surface area contributed by atoms with Crippen molar-refractivity contribution in [3.05, 3.63) is 34.1 Å². The van der Waals surface area contributed by atoms with Crippen LogP contribution >= 0.6 is 0 Å². The Kier molecular flexibility index (Phi) is 5.26. The Bertz CT molecular complexity index is 567. The van der Waals surface area contributed by atoms with Crippen LogP contribution in [0, 0.1) is 21.8 Å². The van der Waals surface area contributed by atoms with Gasteiger partial charge in [0.25, 0.3) is 0 Å². The lowest BCUT2D eigenvalue weighted by Gasteiger charge is -2.33. The van der Waals surface area contributed by atoms with E-state index in [-0.39, 0.29) is 17.5 Å². The summed E-state index contributed by atoms with van der Waals surface area (Å²) in [6.07, 6.45) is 1.42. The second-order valence-corrected chi connectivity index (χ2v) is 5.23. The third kappa shape index (κ3) is 3.51. The second kappa shape index (κ2) is 7.17. The fourth-order valence-electron chi connectivity index (χ4n) is 2.69. The highest BCUT2D eigenvalue weighted by Crippen LogP contribution is 2.33. The molecule has 2 rings (SSSR count). The number of hydrogen-bond acceptors (Lipinski definition) is 5. The molecule has 3 N–H and O–H groups in total. The van der Waals surface area contributed by atoms with E-state index in [1.807, 2.05) is 0 Å². The van der Waals surface area contributed by atoms with Crippen molar-refractivity contribution in [2.75, 3.05) is 31.1 Å². The number of nitro benzene ring substituents is 1. The lowest BCUT2D eigenvalue weighted by Crippen LogP contribution is -2.44. The van der Waals surface area contributed by atoms with Crippen LogP contribution < -0.4 is 16.0 Å². The minimum absolute atomic E-state index is 0.116. The fraction of sp³-hybridized carbons (Fsp3) is 0.500. The molecule has 1 amide bonds. The van der Waals surface area contributed by atoms with E-state index in [4.69, 9.17) is 5.73 Å². The van der Waals surface area contributed by atoms with Gasteiger partial charge in [-0.2, -0.15) is 4.39 Å². The third-order valence-corrected chi connectivity index (χ3v) is 3.72. The van der Waals surface area contributed by atoms with Crippen molar-refractivity contribution in [3.63, 3.8) is 0 Å². The monoisotopic (exact) mass is 310 g/mol. The van der Waals surface area contributed by atoms with E-state index >= 15 is 0 Å². The van der Waals surface area contributed by atoms with E-state index in [0.717, 1.165) is 6.07 Å². The molecule has 1 aromatic rings. The Labute approximate surface area is 127 Å². The lowest BCUT2D eigenvalue weighted by molar-refractivity contribution is -0.386. The summed E-state index contributed by atoms with van der Waals surface area (Å²) >= 11 is 0. The molecule has 1 unspecified atom stereocenters. The highest BCUT2D eigenvalue weighted by Gasteiger charge is 2.30. The summed E-state index contributed by atoms with van der Waals surface area (Å²) in [5.74, 6) is -1.26. The van der Waals surface area contributed by atoms with Gasteiger partial charge in [-0.05, 0) is 25.0 Å². The number of piperidine rings is 1. The number of nitrogens with two attached hydrogens (primary N) is 1. The summed E-state index contributed by atoms with van der Waals surface area (Å²) < 4.78 is 13.7. The predicted molar refractivity (Wildman–Crippen MR) is 80.1 cm³/mol. The molecule has 1 saturated heterocycles. The van der Waals surface area contributed by atoms with Crippen molar-refractivity contribution in [1.82, 2.24) is 5.32 Å². The van der Waals surface area contributed by atoms with Crippen LogP contribution in [0.2, 0.25) is 0 Å². The average Bonchev–Trinajstić information content (AvgIpc) is 2.52. The summed E-state index contributed by atoms with van der Waals surface area (Å²) in [5, 5.41) is 13.8. The van der Waals surface area contributed by atoms with Gasteiger partial charge in [-0.15, -0.1) is 0 Å². The van der Waals surface area contributed by atoms with E-state index in [1.54, 1.807) is 4.90 Å². The molecule has 1 aliphatic rings. The number of amides is 1. The Balaban J connectivity index is 2.18. The standard InChI is InChI=1S/C14H19FN4O3/c15-11-4-1-5-12(13(11)19(21)22)18-8-2-3-10(9-18)14(20)17-7-6-16/h1,4-5,10H,2-3,6-9,16H2,(H,17,20). The molecule has 8 heteroatoms. The summed E-state index contributed by atoms with van der Waals surface area (Å²) in [6.45, 7) is 1.65. The van der Waals surface area contributed by atoms with Gasteiger partial charge in [-0.25, -0.2) is 0 Å². The van der Waals surface area contributed by atoms with Crippen molar-refractivity contribution in [3.8, 4) is 0 Å². The third-order valence-electron chi connectivity index (χ3n) is 3.72. The predicted octanol–water partition coefficient (Wildman–Crippen LogP) is 1.03. The van der Waals surface area contributed by atoms with Gasteiger partial charge >= 0.3 is 5.69 Å². The van der Waals surface area contributed by atoms with Gasteiger partial charge in [0, 0.05) is 26.2 Å². The van der Waals surface area contributed by atoms with Crippen molar-refractivity contribution in [1.29, 1.82) is 0 Å². The largest absolute Gasteiger partial charge is 0.365 e. The van der Waals surface area contributed by atoms with Crippen molar-refractivity contribution >= 4 is 17.3 Å². The molecular formula is C14H19FN4O3. The molecule has 1 fully saturated rings. The van der Waals surface area contributed by atoms with Crippen LogP contribution in [0.1, 0.15) is 12.8 Å². The van der Waals surface area contributed by atoms with E-state index in [2.05, 4.69) is 5.32 Å². The highest BCUT2D eigenvalue weighted by atomic mass is 19.1. The first kappa shape index (κ1) is 16.2. The number of rotatable bonds is 5. The van der Waals surface area contributed by atoms with Crippen molar-refractivity contribution in [2.45, 2.75) is 12.8 Å². The maximum atomic E-state index is 13.7. The maximum Gasteiger partial charge on any atom is 0.327 e. The van der Waals surface area contributed by atoms with Crippen LogP contribution in [0.15, 0.2) is 18.2 Å². The zero-order valence-electron chi connectivity index (χ0n) is 12.1. The first-order chi connectivity index (χ1) is 10.5. The molecule has 0 aliphatic carbocycles. The normalized spacial score (nSPS) is 18.1. The average molecular weight is 310 g/mol. The van der Waals surface area contributed by atoms with E-state index in [0.29, 0.717) is 39.0 Å². The number of nitrogens with one attached hydrogen (secondary N) is 1. The first-order valence-corrected chi connectivity index (χ1v) is 7.20. The zero-order valence-corrected chi connectivity index (χ0v) is 12.1. The Morgan fingerprint density at radius 2 is 2.32 bits per heavy atom. The number of nitrogens with zero attached hydrogens (tertiary/aromatic N) is 2. The van der Waals surface area contributed by atoms with E-state index < -0.39 is 16.4 Å². The molecule has 0 bridgehead atoms. The van der Waals surface area contributed by atoms with Crippen LogP contribution in [0.5, 0.6) is 0 Å². The molecule has 22 heavy (non-hydrogen) atoms. The smallest absolute Gasteiger partial charge is 0.327 e. The molecule has 0 radical (unpaired) electrons. The Morgan fingerprint density at radius 1 is 1.55 bits per heavy atom. The first-order valence-electron chi connectivity index (χ1n) is 7.20. The van der Waals surface area contributed by atoms with E-state index in [1.165, 1.54) is 12.1 Å². The molecule has 1 aliphatic heterocycles. The van der Waals surface area contributed by atoms with Crippen LogP contribution in [0.3, 0.4) is 0 Å². The van der Waals surface area contributed by atoms with Gasteiger partial charge in [-0.3, -0.25) is 14.9 Å². The highest BCUT2D eigenvalue weighted by molar-refractivity contribution is 5.80. The number of carbonyl (C=O) groups is 1. The number of hydrogen-bond donors (Lipinski definition) is 2. The summed E-state index contributed by atoms with van der Waals surface area (Å²) in [7, 11) is 0. The molecule has 1 aromatic carbocycles. The molecule has 120 valence electrons. The molecule has 1 atom stereocenters. The number of halogens is 1. The number of nitro groups is 1. The zero-order chi connectivity index (χ0) is 16.1. The minimum Gasteiger partial charge on any atom is -0.365 e. The Morgan fingerprint density at radius 3 is 3.00 bits per heavy atom. The topological polar surface area (TPSA) is 102 Å². The van der Waals surface area contributed by atoms with Gasteiger partial charge in [0.15, 0.2) is 0 Å². The number of para-hydroxylation sites is 1. The van der Waals surface area contributed by atoms with Crippen LogP contribution in [0.4, 0.5) is 15.8 Å². The second-order valence-electron chi connectivity index (χ2n) is 5.23. The summed E-state index contributed by atoms with van der Waals surface area (Å²) in [6, 6.07) is 4.02. The lowest BCUT2D eigenvalue weighted by atomic mass is 9.96. The fourth-order valence-corrected chi connectivity index (χ4v) is 2.69. The number of anilines is 1. The van der Waals surface area contributed by atoms with Gasteiger partial charge in [-0.1, -0.05) is 6.07 Å². The molecule has 0 aromatic heterocycles. The van der Waals surface area contributed by atoms with Crippen LogP contribution in [-0.2, 0) is 4.79 Å². The molecular weight excluding hydrogens is 291 g/mol. The molecule has 0 saturated carbocycles. The Hall–Kier alpha value is -2.22. The number of carbonyl (C=O) groups excluding carboxylic acids is 1. The molecule has 1 heterocycles. The van der Waals surface area contributed by atoms with Gasteiger partial charge < -0.3 is 16.0 Å². The van der Waals surface area contributed by atoms with Crippen LogP contribution in [0.25, 0.3) is 0 Å². The minimum atomic E-state index is -0.864. The van der Waals surface area contributed by atoms with E-state index in [9.17, 15) is 19.3 Å². The van der Waals surface area contributed by atoms with Crippen LogP contribution in [-0.4, -0.2) is 37.0 Å².